The molecule has 0 aromatic rings. The number of carbonyl (C=O) groups is 3. The fourth-order valence-electron chi connectivity index (χ4n) is 1.04. The van der Waals surface area contributed by atoms with Crippen molar-refractivity contribution in [1.29, 1.82) is 0 Å². The second kappa shape index (κ2) is 10.3. The number of hydrogen-bond donors (Lipinski definition) is 3. The Balaban J connectivity index is -0.000000375. The van der Waals surface area contributed by atoms with E-state index >= 15 is 0 Å². The zero-order valence-electron chi connectivity index (χ0n) is 10.8. The standard InChI is InChI=1S/C7H9O8P.3H3N/c8-4(9)1-2-7(6(12)13,16(14)15)3-5(10)11;;;/h1-3H2,(H,8,9)(H,10,11)(H,12,13);3*1H3. The van der Waals surface area contributed by atoms with Gasteiger partial charge in [0.1, 0.15) is 0 Å². The van der Waals surface area contributed by atoms with Crippen LogP contribution in [0.15, 0.2) is 0 Å². The lowest BCUT2D eigenvalue weighted by Crippen LogP contribution is -2.51. The van der Waals surface area contributed by atoms with Crippen molar-refractivity contribution in [3.63, 3.8) is 0 Å². The molecule has 0 saturated heterocycles. The largest absolute Gasteiger partial charge is 0.595 e. The summed E-state index contributed by atoms with van der Waals surface area (Å²) in [6.45, 7) is 0. The molecule has 0 aliphatic rings. The van der Waals surface area contributed by atoms with Gasteiger partial charge in [-0.2, -0.15) is 0 Å². The van der Waals surface area contributed by atoms with E-state index in [1.807, 2.05) is 0 Å². The molecule has 0 aromatic heterocycles. The fraction of sp³-hybridized carbons (Fsp3) is 0.571. The highest BCUT2D eigenvalue weighted by Gasteiger charge is 2.44. The Bertz CT molecular complexity index is 333. The maximum Gasteiger partial charge on any atom is 0.321 e. The molecule has 0 amide bonds. The molecule has 0 rings (SSSR count). The van der Waals surface area contributed by atoms with Gasteiger partial charge in [0.2, 0.25) is 5.16 Å². The number of carboxylic acids is 3. The number of rotatable bonds is 7. The van der Waals surface area contributed by atoms with E-state index in [0.717, 1.165) is 0 Å². The monoisotopic (exact) mass is 303 g/mol. The van der Waals surface area contributed by atoms with Crippen LogP contribution in [0, 0.1) is 0 Å². The van der Waals surface area contributed by atoms with Crippen LogP contribution in [-0.2, 0) is 18.9 Å². The first-order valence-electron chi connectivity index (χ1n) is 3.98. The fourth-order valence-corrected chi connectivity index (χ4v) is 1.74. The molecule has 0 saturated carbocycles. The first-order valence-corrected chi connectivity index (χ1v) is 5.16. The molecule has 11 nitrogen and oxygen atoms in total. The Morgan fingerprint density at radius 1 is 0.947 bits per heavy atom. The van der Waals surface area contributed by atoms with E-state index in [2.05, 4.69) is 0 Å². The summed E-state index contributed by atoms with van der Waals surface area (Å²) >= 11 is 0. The van der Waals surface area contributed by atoms with Crippen molar-refractivity contribution in [2.45, 2.75) is 24.4 Å². The molecule has 0 aliphatic heterocycles. The second-order valence-electron chi connectivity index (χ2n) is 3.00. The van der Waals surface area contributed by atoms with Gasteiger partial charge in [-0.25, -0.2) is 0 Å². The quantitative estimate of drug-likeness (QED) is 0.393. The van der Waals surface area contributed by atoms with Crippen molar-refractivity contribution >= 4 is 25.9 Å². The average molecular weight is 303 g/mol. The van der Waals surface area contributed by atoms with E-state index in [0.29, 0.717) is 0 Å². The second-order valence-corrected chi connectivity index (χ2v) is 4.37. The molecule has 0 fully saturated rings. The van der Waals surface area contributed by atoms with Gasteiger partial charge in [-0.05, 0) is 6.42 Å². The van der Waals surface area contributed by atoms with Crippen LogP contribution in [0.1, 0.15) is 19.3 Å². The number of carbonyl (C=O) groups excluding carboxylic acids is 3. The normalized spacial score (nSPS) is 12.6. The highest BCUT2D eigenvalue weighted by molar-refractivity contribution is 7.40. The minimum atomic E-state index is -3.72. The van der Waals surface area contributed by atoms with Gasteiger partial charge in [-0.15, -0.1) is 0 Å². The molecule has 0 radical (unpaired) electrons. The smallest absolute Gasteiger partial charge is 0.321 e. The zero-order valence-corrected chi connectivity index (χ0v) is 11.7. The van der Waals surface area contributed by atoms with E-state index in [9.17, 15) is 39.2 Å². The molecular formula is C7H18N3O8P. The maximum absolute atomic E-state index is 10.7. The number of aliphatic carboxylic acids is 3. The van der Waals surface area contributed by atoms with Crippen LogP contribution >= 0.6 is 8.03 Å². The molecular weight excluding hydrogens is 285 g/mol. The molecule has 0 spiro atoms. The van der Waals surface area contributed by atoms with Crippen molar-refractivity contribution in [2.75, 3.05) is 0 Å². The van der Waals surface area contributed by atoms with Gasteiger partial charge < -0.3 is 53.0 Å². The Morgan fingerprint density at radius 2 is 1.37 bits per heavy atom. The van der Waals surface area contributed by atoms with Crippen LogP contribution in [0.3, 0.4) is 0 Å². The first kappa shape index (κ1) is 26.0. The Kier molecular flexibility index (Phi) is 14.1. The predicted octanol–water partition coefficient (Wildman–Crippen LogP) is -3.62. The minimum absolute atomic E-state index is 0. The highest BCUT2D eigenvalue weighted by atomic mass is 31.1. The lowest BCUT2D eigenvalue weighted by atomic mass is 9.98. The lowest BCUT2D eigenvalue weighted by molar-refractivity contribution is -0.321. The lowest BCUT2D eigenvalue weighted by Gasteiger charge is -2.26. The van der Waals surface area contributed by atoms with E-state index in [-0.39, 0.29) is 18.5 Å². The van der Waals surface area contributed by atoms with Gasteiger partial charge in [0.15, 0.2) is 0 Å². The topological polar surface area (TPSA) is 270 Å². The molecule has 19 heavy (non-hydrogen) atoms. The van der Waals surface area contributed by atoms with Crippen molar-refractivity contribution in [2.24, 2.45) is 0 Å². The molecule has 12 N–H and O–H groups in total. The van der Waals surface area contributed by atoms with Crippen molar-refractivity contribution in [1.82, 2.24) is 18.5 Å². The third kappa shape index (κ3) is 7.39. The Morgan fingerprint density at radius 3 is 1.58 bits per heavy atom. The molecule has 0 aromatic carbocycles. The van der Waals surface area contributed by atoms with Crippen molar-refractivity contribution in [3.05, 3.63) is 0 Å². The van der Waals surface area contributed by atoms with Crippen LogP contribution in [-0.4, -0.2) is 23.1 Å². The summed E-state index contributed by atoms with van der Waals surface area (Å²) in [5, 5.41) is 28.2. The van der Waals surface area contributed by atoms with Gasteiger partial charge in [-0.1, -0.05) is 4.57 Å². The molecule has 0 aliphatic carbocycles. The molecule has 12 heteroatoms. The summed E-state index contributed by atoms with van der Waals surface area (Å²) in [6.07, 6.45) is -3.21. The number of carboxylic acid groups (broad SMARTS) is 3. The highest BCUT2D eigenvalue weighted by Crippen LogP contribution is 2.38. The van der Waals surface area contributed by atoms with Crippen molar-refractivity contribution < 1.29 is 39.2 Å². The van der Waals surface area contributed by atoms with Crippen LogP contribution in [0.2, 0.25) is 0 Å². The van der Waals surface area contributed by atoms with Gasteiger partial charge in [0.25, 0.3) is 0 Å². The maximum atomic E-state index is 10.7. The zero-order chi connectivity index (χ0) is 12.9. The average Bonchev–Trinajstić information content (AvgIpc) is 2.10. The van der Waals surface area contributed by atoms with E-state index in [4.69, 9.17) is 0 Å². The molecule has 0 bridgehead atoms. The number of hydrogen-bond acceptors (Lipinski definition) is 8. The van der Waals surface area contributed by atoms with Crippen LogP contribution in [0.4, 0.5) is 0 Å². The van der Waals surface area contributed by atoms with E-state index < -0.39 is 50.4 Å². The van der Waals surface area contributed by atoms with Crippen molar-refractivity contribution in [3.8, 4) is 0 Å². The summed E-state index contributed by atoms with van der Waals surface area (Å²) in [6, 6.07) is 0. The molecule has 114 valence electrons. The van der Waals surface area contributed by atoms with E-state index in [1.54, 1.807) is 0 Å². The molecule has 2 atom stereocenters. The first-order chi connectivity index (χ1) is 7.22. The SMILES string of the molecule is O=C([O-])CCC(CC(=O)[O-])(C(=O)[O-])[P+](=O)[O-].[NH4+].[NH4+].[NH4+]. The summed E-state index contributed by atoms with van der Waals surface area (Å²) < 4.78 is 10.7. The van der Waals surface area contributed by atoms with Crippen LogP contribution in [0.5, 0.6) is 0 Å². The Hall–Kier alpha value is -1.65. The third-order valence-corrected chi connectivity index (χ3v) is 3.17. The van der Waals surface area contributed by atoms with Gasteiger partial charge in [-0.3, -0.25) is 0 Å². The van der Waals surface area contributed by atoms with E-state index in [1.165, 1.54) is 0 Å². The molecule has 0 heterocycles. The minimum Gasteiger partial charge on any atom is -0.595 e. The van der Waals surface area contributed by atoms with Gasteiger partial charge >= 0.3 is 8.03 Å². The van der Waals surface area contributed by atoms with Crippen LogP contribution < -0.4 is 38.7 Å². The van der Waals surface area contributed by atoms with Gasteiger partial charge in [0.05, 0.1) is 5.97 Å². The summed E-state index contributed by atoms with van der Waals surface area (Å²) in [7, 11) is -3.72. The summed E-state index contributed by atoms with van der Waals surface area (Å²) in [4.78, 5) is 41.7. The third-order valence-electron chi connectivity index (χ3n) is 1.91. The summed E-state index contributed by atoms with van der Waals surface area (Å²) in [5.74, 6) is -5.79. The summed E-state index contributed by atoms with van der Waals surface area (Å²) in [5.41, 5.74) is 0. The van der Waals surface area contributed by atoms with Gasteiger partial charge in [0, 0.05) is 24.8 Å². The molecule has 2 unspecified atom stereocenters. The number of quaternary nitrogens is 3. The Labute approximate surface area is 109 Å². The van der Waals surface area contributed by atoms with Crippen LogP contribution in [0.25, 0.3) is 0 Å². The predicted molar refractivity (Wildman–Crippen MR) is 57.2 cm³/mol.